The predicted molar refractivity (Wildman–Crippen MR) is 94.3 cm³/mol. The minimum atomic E-state index is -0.538. The fourth-order valence-corrected chi connectivity index (χ4v) is 3.35. The number of carbonyl (C=O) groups is 1. The van der Waals surface area contributed by atoms with E-state index in [1.165, 1.54) is 23.1 Å². The molecule has 0 aliphatic heterocycles. The number of ether oxygens (including phenoxy) is 1. The van der Waals surface area contributed by atoms with Crippen molar-refractivity contribution in [2.24, 2.45) is 0 Å². The first kappa shape index (κ1) is 17.9. The summed E-state index contributed by atoms with van der Waals surface area (Å²) in [6.45, 7) is 5.79. The number of hydrogen-bond donors (Lipinski definition) is 1. The first-order valence-electron chi connectivity index (χ1n) is 6.87. The number of halogens is 1. The highest BCUT2D eigenvalue weighted by Gasteiger charge is 2.14. The molecule has 1 aromatic heterocycles. The van der Waals surface area contributed by atoms with Crippen LogP contribution in [0.15, 0.2) is 45.6 Å². The van der Waals surface area contributed by atoms with Crippen molar-refractivity contribution in [3.63, 3.8) is 0 Å². The molecule has 5 nitrogen and oxygen atoms in total. The van der Waals surface area contributed by atoms with E-state index < -0.39 is 6.10 Å². The summed E-state index contributed by atoms with van der Waals surface area (Å²) in [6.07, 6.45) is 1.92. The summed E-state index contributed by atoms with van der Waals surface area (Å²) in [7, 11) is 0. The van der Waals surface area contributed by atoms with Gasteiger partial charge in [-0.25, -0.2) is 0 Å². The number of anilines is 1. The van der Waals surface area contributed by atoms with E-state index in [9.17, 15) is 4.79 Å². The topological polar surface area (TPSA) is 64.1 Å². The van der Waals surface area contributed by atoms with Crippen molar-refractivity contribution < 1.29 is 9.53 Å². The van der Waals surface area contributed by atoms with Crippen LogP contribution in [-0.2, 0) is 9.53 Å². The van der Waals surface area contributed by atoms with E-state index in [0.717, 1.165) is 9.24 Å². The van der Waals surface area contributed by atoms with E-state index in [4.69, 9.17) is 16.3 Å². The zero-order valence-electron chi connectivity index (χ0n) is 12.5. The van der Waals surface area contributed by atoms with E-state index in [1.54, 1.807) is 30.6 Å². The van der Waals surface area contributed by atoms with Crippen molar-refractivity contribution in [1.82, 2.24) is 10.2 Å². The summed E-state index contributed by atoms with van der Waals surface area (Å²) in [6, 6.07) is 5.34. The van der Waals surface area contributed by atoms with E-state index >= 15 is 0 Å². The van der Waals surface area contributed by atoms with Crippen molar-refractivity contribution in [3.05, 3.63) is 41.4 Å². The van der Waals surface area contributed by atoms with Gasteiger partial charge in [0.2, 0.25) is 0 Å². The molecule has 1 aromatic carbocycles. The molecule has 0 spiro atoms. The second kappa shape index (κ2) is 9.02. The molecule has 1 amide bonds. The Hall–Kier alpha value is -1.41. The maximum absolute atomic E-state index is 12.0. The third-order valence-electron chi connectivity index (χ3n) is 2.80. The third-order valence-corrected chi connectivity index (χ3v) is 5.07. The van der Waals surface area contributed by atoms with Crippen molar-refractivity contribution in [2.45, 2.75) is 28.7 Å². The molecule has 0 saturated heterocycles. The monoisotopic (exact) mass is 369 g/mol. The Labute approximate surface area is 148 Å². The van der Waals surface area contributed by atoms with Crippen molar-refractivity contribution in [3.8, 4) is 0 Å². The minimum Gasteiger partial charge on any atom is -0.368 e. The molecule has 2 aromatic rings. The van der Waals surface area contributed by atoms with E-state index in [-0.39, 0.29) is 5.91 Å². The lowest BCUT2D eigenvalue weighted by Gasteiger charge is -2.13. The first-order chi connectivity index (χ1) is 11.1. The Kier molecular flexibility index (Phi) is 7.04. The molecule has 1 heterocycles. The first-order valence-corrected chi connectivity index (χ1v) is 8.94. The lowest BCUT2D eigenvalue weighted by atomic mass is 10.3. The van der Waals surface area contributed by atoms with Gasteiger partial charge in [0.25, 0.3) is 5.91 Å². The van der Waals surface area contributed by atoms with Gasteiger partial charge in [-0.05, 0) is 31.5 Å². The van der Waals surface area contributed by atoms with Crippen molar-refractivity contribution >= 4 is 46.3 Å². The molecule has 0 saturated carbocycles. The molecule has 1 N–H and O–H groups in total. The molecule has 122 valence electrons. The van der Waals surface area contributed by atoms with Crippen LogP contribution in [0, 0.1) is 0 Å². The van der Waals surface area contributed by atoms with Gasteiger partial charge in [-0.2, -0.15) is 0 Å². The van der Waals surface area contributed by atoms with Gasteiger partial charge >= 0.3 is 0 Å². The molecule has 0 bridgehead atoms. The summed E-state index contributed by atoms with van der Waals surface area (Å²) in [4.78, 5) is 12.9. The van der Waals surface area contributed by atoms with Crippen LogP contribution < -0.4 is 5.32 Å². The molecule has 23 heavy (non-hydrogen) atoms. The molecule has 1 unspecified atom stereocenters. The molecule has 0 fully saturated rings. The summed E-state index contributed by atoms with van der Waals surface area (Å²) >= 11 is 9.13. The van der Waals surface area contributed by atoms with E-state index in [1.807, 2.05) is 6.07 Å². The third kappa shape index (κ3) is 5.62. The van der Waals surface area contributed by atoms with Crippen LogP contribution in [0.4, 0.5) is 5.69 Å². The second-order valence-electron chi connectivity index (χ2n) is 4.53. The Morgan fingerprint density at radius 3 is 3.09 bits per heavy atom. The fourth-order valence-electron chi connectivity index (χ4n) is 1.61. The van der Waals surface area contributed by atoms with Gasteiger partial charge in [0.05, 0.1) is 11.6 Å². The lowest BCUT2D eigenvalue weighted by Crippen LogP contribution is -2.28. The Bertz CT molecular complexity index is 665. The molecule has 1 atom stereocenters. The number of rotatable bonds is 8. The smallest absolute Gasteiger partial charge is 0.253 e. The number of nitrogens with one attached hydrogen (secondary N) is 1. The van der Waals surface area contributed by atoms with E-state index in [2.05, 4.69) is 22.1 Å². The predicted octanol–water partition coefficient (Wildman–Crippen LogP) is 4.26. The second-order valence-corrected chi connectivity index (χ2v) is 7.06. The van der Waals surface area contributed by atoms with Crippen LogP contribution in [0.2, 0.25) is 5.02 Å². The summed E-state index contributed by atoms with van der Waals surface area (Å²) in [5.74, 6) is -0.213. The normalized spacial score (nSPS) is 11.9. The Morgan fingerprint density at radius 2 is 2.43 bits per heavy atom. The van der Waals surface area contributed by atoms with Crippen LogP contribution in [0.5, 0.6) is 0 Å². The number of nitrogens with zero attached hydrogens (tertiary/aromatic N) is 2. The number of aromatic nitrogens is 2. The molecule has 0 aliphatic carbocycles. The lowest BCUT2D eigenvalue weighted by molar-refractivity contribution is -0.126. The van der Waals surface area contributed by atoms with Crippen LogP contribution in [0.1, 0.15) is 13.3 Å². The largest absolute Gasteiger partial charge is 0.368 e. The van der Waals surface area contributed by atoms with Crippen LogP contribution in [-0.4, -0.2) is 28.8 Å². The Morgan fingerprint density at radius 1 is 1.61 bits per heavy atom. The molecule has 2 rings (SSSR count). The number of carbonyl (C=O) groups excluding carboxylic acids is 1. The summed E-state index contributed by atoms with van der Waals surface area (Å²) < 4.78 is 6.22. The number of amides is 1. The van der Waals surface area contributed by atoms with Crippen molar-refractivity contribution in [2.75, 3.05) is 11.9 Å². The van der Waals surface area contributed by atoms with Crippen LogP contribution in [0.3, 0.4) is 0 Å². The molecule has 0 aliphatic rings. The highest BCUT2D eigenvalue weighted by molar-refractivity contribution is 8.01. The fraction of sp³-hybridized carbons (Fsp3) is 0.267. The van der Waals surface area contributed by atoms with Gasteiger partial charge in [0, 0.05) is 10.6 Å². The van der Waals surface area contributed by atoms with Gasteiger partial charge in [0.1, 0.15) is 11.6 Å². The zero-order chi connectivity index (χ0) is 16.7. The van der Waals surface area contributed by atoms with E-state index in [0.29, 0.717) is 23.7 Å². The van der Waals surface area contributed by atoms with Gasteiger partial charge < -0.3 is 10.1 Å². The van der Waals surface area contributed by atoms with Gasteiger partial charge in [-0.3, -0.25) is 4.79 Å². The summed E-state index contributed by atoms with van der Waals surface area (Å²) in [5, 5.41) is 11.1. The Balaban J connectivity index is 1.94. The maximum Gasteiger partial charge on any atom is 0.253 e. The van der Waals surface area contributed by atoms with Crippen molar-refractivity contribution in [1.29, 1.82) is 0 Å². The van der Waals surface area contributed by atoms with Gasteiger partial charge in [-0.15, -0.1) is 16.8 Å². The summed E-state index contributed by atoms with van der Waals surface area (Å²) in [5.41, 5.74) is 2.29. The maximum atomic E-state index is 12.0. The molecular formula is C15H16ClN3O2S2. The average molecular weight is 370 g/mol. The minimum absolute atomic E-state index is 0.213. The van der Waals surface area contributed by atoms with Gasteiger partial charge in [-0.1, -0.05) is 40.8 Å². The molecular weight excluding hydrogens is 354 g/mol. The highest BCUT2D eigenvalue weighted by Crippen LogP contribution is 2.35. The average Bonchev–Trinajstić information content (AvgIpc) is 3.03. The number of benzene rings is 1. The van der Waals surface area contributed by atoms with Crippen LogP contribution >= 0.6 is 34.7 Å². The number of hydrogen-bond acceptors (Lipinski definition) is 6. The highest BCUT2D eigenvalue weighted by atomic mass is 35.5. The molecule has 8 heteroatoms. The zero-order valence-corrected chi connectivity index (χ0v) is 14.9. The van der Waals surface area contributed by atoms with Gasteiger partial charge in [0.15, 0.2) is 4.34 Å². The molecule has 0 radical (unpaired) electrons. The quantitative estimate of drug-likeness (QED) is 0.556. The standard InChI is InChI=1S/C15H16ClN3O2S2/c1-3-4-7-21-10(2)14(20)18-11-5-6-13(12(16)8-11)23-15-19-17-9-22-15/h3,5-6,8-10H,1,4,7H2,2H3,(H,18,20). The van der Waals surface area contributed by atoms with Crippen LogP contribution in [0.25, 0.3) is 0 Å². The SMILES string of the molecule is C=CCCOC(C)C(=O)Nc1ccc(Sc2nncs2)c(Cl)c1.